The Hall–Kier alpha value is -3.02. The maximum Gasteiger partial charge on any atom is 0.338 e. The van der Waals surface area contributed by atoms with Gasteiger partial charge in [-0.25, -0.2) is 4.79 Å². The van der Waals surface area contributed by atoms with Crippen LogP contribution in [-0.4, -0.2) is 32.7 Å². The fourth-order valence-corrected chi connectivity index (χ4v) is 2.24. The van der Waals surface area contributed by atoms with Crippen LogP contribution in [0.1, 0.15) is 28.9 Å². The second-order valence-electron chi connectivity index (χ2n) is 5.37. The van der Waals surface area contributed by atoms with Gasteiger partial charge in [0.25, 0.3) is 5.91 Å². The standard InChI is InChI=1S/C19H21NO5/c1-13(14-6-4-8-16(10-14)23-2)20-18(21)12-25-19(22)15-7-5-9-17(11-15)24-3/h4-11,13H,12H2,1-3H3,(H,20,21)/t13-/m1/s1. The lowest BCUT2D eigenvalue weighted by molar-refractivity contribution is -0.124. The molecule has 0 aliphatic heterocycles. The summed E-state index contributed by atoms with van der Waals surface area (Å²) in [5.74, 6) is 0.295. The number of rotatable bonds is 7. The molecule has 0 aliphatic carbocycles. The van der Waals surface area contributed by atoms with E-state index in [1.165, 1.54) is 7.11 Å². The predicted molar refractivity (Wildman–Crippen MR) is 92.8 cm³/mol. The van der Waals surface area contributed by atoms with Gasteiger partial charge in [-0.15, -0.1) is 0 Å². The highest BCUT2D eigenvalue weighted by molar-refractivity contribution is 5.91. The fourth-order valence-electron chi connectivity index (χ4n) is 2.24. The van der Waals surface area contributed by atoms with Crippen molar-refractivity contribution in [2.24, 2.45) is 0 Å². The van der Waals surface area contributed by atoms with Crippen molar-refractivity contribution in [1.82, 2.24) is 5.32 Å². The molecule has 0 radical (unpaired) electrons. The summed E-state index contributed by atoms with van der Waals surface area (Å²) in [5, 5.41) is 2.78. The number of methoxy groups -OCH3 is 2. The second kappa shape index (κ2) is 8.73. The maximum atomic E-state index is 12.0. The predicted octanol–water partition coefficient (Wildman–Crippen LogP) is 2.74. The van der Waals surface area contributed by atoms with Crippen LogP contribution >= 0.6 is 0 Å². The van der Waals surface area contributed by atoms with Gasteiger partial charge in [0.05, 0.1) is 25.8 Å². The molecule has 0 saturated heterocycles. The van der Waals surface area contributed by atoms with Crippen LogP contribution in [0.15, 0.2) is 48.5 Å². The SMILES string of the molecule is COc1cccc(C(=O)OCC(=O)N[C@H](C)c2cccc(OC)c2)c1. The molecule has 0 fully saturated rings. The molecule has 0 bridgehead atoms. The Morgan fingerprint density at radius 2 is 1.64 bits per heavy atom. The minimum atomic E-state index is -0.580. The first kappa shape index (κ1) is 18.3. The quantitative estimate of drug-likeness (QED) is 0.783. The van der Waals surface area contributed by atoms with Crippen molar-refractivity contribution in [2.45, 2.75) is 13.0 Å². The maximum absolute atomic E-state index is 12.0. The number of carbonyl (C=O) groups excluding carboxylic acids is 2. The Kier molecular flexibility index (Phi) is 6.39. The van der Waals surface area contributed by atoms with E-state index in [-0.39, 0.29) is 18.6 Å². The molecule has 1 atom stereocenters. The summed E-state index contributed by atoms with van der Waals surface area (Å²) in [6, 6.07) is 13.7. The zero-order chi connectivity index (χ0) is 18.2. The number of benzene rings is 2. The second-order valence-corrected chi connectivity index (χ2v) is 5.37. The molecule has 1 N–H and O–H groups in total. The largest absolute Gasteiger partial charge is 0.497 e. The number of hydrogen-bond donors (Lipinski definition) is 1. The van der Waals surface area contributed by atoms with E-state index in [4.69, 9.17) is 14.2 Å². The van der Waals surface area contributed by atoms with E-state index in [9.17, 15) is 9.59 Å². The molecular weight excluding hydrogens is 322 g/mol. The van der Waals surface area contributed by atoms with E-state index in [1.54, 1.807) is 31.4 Å². The highest BCUT2D eigenvalue weighted by Crippen LogP contribution is 2.18. The summed E-state index contributed by atoms with van der Waals surface area (Å²) >= 11 is 0. The molecule has 0 aromatic heterocycles. The Morgan fingerprint density at radius 1 is 1.00 bits per heavy atom. The van der Waals surface area contributed by atoms with Crippen LogP contribution in [0.3, 0.4) is 0 Å². The molecule has 0 spiro atoms. The van der Waals surface area contributed by atoms with Gasteiger partial charge in [-0.2, -0.15) is 0 Å². The summed E-state index contributed by atoms with van der Waals surface area (Å²) in [6.07, 6.45) is 0. The number of hydrogen-bond acceptors (Lipinski definition) is 5. The Labute approximate surface area is 146 Å². The molecule has 1 amide bonds. The lowest BCUT2D eigenvalue weighted by Gasteiger charge is -2.15. The highest BCUT2D eigenvalue weighted by Gasteiger charge is 2.14. The molecule has 2 aromatic carbocycles. The van der Waals surface area contributed by atoms with Crippen molar-refractivity contribution >= 4 is 11.9 Å². The number of carbonyl (C=O) groups is 2. The molecule has 0 saturated carbocycles. The topological polar surface area (TPSA) is 73.9 Å². The van der Waals surface area contributed by atoms with Crippen molar-refractivity contribution < 1.29 is 23.8 Å². The zero-order valence-electron chi connectivity index (χ0n) is 14.4. The number of esters is 1. The minimum Gasteiger partial charge on any atom is -0.497 e. The van der Waals surface area contributed by atoms with Gasteiger partial charge in [0, 0.05) is 0 Å². The normalized spacial score (nSPS) is 11.3. The molecule has 0 unspecified atom stereocenters. The summed E-state index contributed by atoms with van der Waals surface area (Å²) in [7, 11) is 3.10. The molecule has 0 aliphatic rings. The van der Waals surface area contributed by atoms with Crippen LogP contribution in [0.4, 0.5) is 0 Å². The lowest BCUT2D eigenvalue weighted by Crippen LogP contribution is -2.31. The van der Waals surface area contributed by atoms with Crippen LogP contribution in [0, 0.1) is 0 Å². The van der Waals surface area contributed by atoms with Gasteiger partial charge in [0.1, 0.15) is 11.5 Å². The monoisotopic (exact) mass is 343 g/mol. The number of amides is 1. The molecule has 2 rings (SSSR count). The van der Waals surface area contributed by atoms with Crippen LogP contribution < -0.4 is 14.8 Å². The molecule has 25 heavy (non-hydrogen) atoms. The summed E-state index contributed by atoms with van der Waals surface area (Å²) in [6.45, 7) is 1.49. The Morgan fingerprint density at radius 3 is 2.32 bits per heavy atom. The van der Waals surface area contributed by atoms with Gasteiger partial charge >= 0.3 is 5.97 Å². The first-order valence-corrected chi connectivity index (χ1v) is 7.78. The highest BCUT2D eigenvalue weighted by atomic mass is 16.5. The number of ether oxygens (including phenoxy) is 3. The van der Waals surface area contributed by atoms with Crippen molar-refractivity contribution in [2.75, 3.05) is 20.8 Å². The molecule has 6 heteroatoms. The van der Waals surface area contributed by atoms with E-state index in [0.29, 0.717) is 17.1 Å². The van der Waals surface area contributed by atoms with Crippen LogP contribution in [0.25, 0.3) is 0 Å². The average molecular weight is 343 g/mol. The van der Waals surface area contributed by atoms with E-state index >= 15 is 0 Å². The Bertz CT molecular complexity index is 744. The van der Waals surface area contributed by atoms with Crippen molar-refractivity contribution in [3.63, 3.8) is 0 Å². The van der Waals surface area contributed by atoms with E-state index < -0.39 is 5.97 Å². The van der Waals surface area contributed by atoms with Crippen molar-refractivity contribution in [3.8, 4) is 11.5 Å². The van der Waals surface area contributed by atoms with Crippen LogP contribution in [0.2, 0.25) is 0 Å². The van der Waals surface area contributed by atoms with Crippen LogP contribution in [0.5, 0.6) is 11.5 Å². The van der Waals surface area contributed by atoms with Crippen molar-refractivity contribution in [3.05, 3.63) is 59.7 Å². The van der Waals surface area contributed by atoms with Crippen LogP contribution in [-0.2, 0) is 9.53 Å². The lowest BCUT2D eigenvalue weighted by atomic mass is 10.1. The van der Waals surface area contributed by atoms with Gasteiger partial charge in [0.2, 0.25) is 0 Å². The smallest absolute Gasteiger partial charge is 0.338 e. The Balaban J connectivity index is 1.88. The van der Waals surface area contributed by atoms with Gasteiger partial charge in [-0.05, 0) is 42.8 Å². The van der Waals surface area contributed by atoms with Gasteiger partial charge in [-0.1, -0.05) is 18.2 Å². The van der Waals surface area contributed by atoms with E-state index in [1.807, 2.05) is 31.2 Å². The first-order chi connectivity index (χ1) is 12.0. The summed E-state index contributed by atoms with van der Waals surface area (Å²) < 4.78 is 15.3. The molecule has 0 heterocycles. The summed E-state index contributed by atoms with van der Waals surface area (Å²) in [5.41, 5.74) is 1.22. The van der Waals surface area contributed by atoms with Gasteiger partial charge in [-0.3, -0.25) is 4.79 Å². The molecule has 2 aromatic rings. The molecule has 132 valence electrons. The van der Waals surface area contributed by atoms with Crippen molar-refractivity contribution in [1.29, 1.82) is 0 Å². The third-order valence-corrected chi connectivity index (χ3v) is 3.61. The number of nitrogens with one attached hydrogen (secondary N) is 1. The third-order valence-electron chi connectivity index (χ3n) is 3.61. The third kappa shape index (κ3) is 5.24. The fraction of sp³-hybridized carbons (Fsp3) is 0.263. The zero-order valence-corrected chi connectivity index (χ0v) is 14.4. The van der Waals surface area contributed by atoms with E-state index in [0.717, 1.165) is 5.56 Å². The minimum absolute atomic E-state index is 0.238. The summed E-state index contributed by atoms with van der Waals surface area (Å²) in [4.78, 5) is 24.0. The first-order valence-electron chi connectivity index (χ1n) is 7.78. The van der Waals surface area contributed by atoms with Gasteiger partial charge < -0.3 is 19.5 Å². The van der Waals surface area contributed by atoms with E-state index in [2.05, 4.69) is 5.32 Å². The van der Waals surface area contributed by atoms with Gasteiger partial charge in [0.15, 0.2) is 6.61 Å². The molecular formula is C19H21NO5. The average Bonchev–Trinajstić information content (AvgIpc) is 2.66. The molecule has 6 nitrogen and oxygen atoms in total.